The molecule has 0 bridgehead atoms. The van der Waals surface area contributed by atoms with Crippen molar-refractivity contribution in [3.63, 3.8) is 0 Å². The first-order valence-corrected chi connectivity index (χ1v) is 6.82. The van der Waals surface area contributed by atoms with Crippen molar-refractivity contribution in [2.75, 3.05) is 19.0 Å². The Bertz CT molecular complexity index is 561. The van der Waals surface area contributed by atoms with Gasteiger partial charge in [0.2, 0.25) is 0 Å². The molecule has 1 unspecified atom stereocenters. The maximum atomic E-state index is 5.93. The van der Waals surface area contributed by atoms with E-state index in [-0.39, 0.29) is 6.04 Å². The molecule has 3 N–H and O–H groups in total. The van der Waals surface area contributed by atoms with Crippen LogP contribution >= 0.6 is 0 Å². The fourth-order valence-corrected chi connectivity index (χ4v) is 2.48. The van der Waals surface area contributed by atoms with Gasteiger partial charge >= 0.3 is 0 Å². The third kappa shape index (κ3) is 3.31. The van der Waals surface area contributed by atoms with Gasteiger partial charge in [-0.3, -0.25) is 0 Å². The molecule has 0 aromatic heterocycles. The molecule has 20 heavy (non-hydrogen) atoms. The Morgan fingerprint density at radius 3 is 2.35 bits per heavy atom. The monoisotopic (exact) mass is 270 g/mol. The second kappa shape index (κ2) is 6.44. The van der Waals surface area contributed by atoms with Gasteiger partial charge in [-0.2, -0.15) is 0 Å². The van der Waals surface area contributed by atoms with Crippen LogP contribution in [0.4, 0.5) is 5.69 Å². The summed E-state index contributed by atoms with van der Waals surface area (Å²) in [6.45, 7) is 4.70. The SMILES string of the molecule is COc1ccccc1C(CN)Nc1cc(C)cc(C)c1. The Balaban J connectivity index is 2.28. The third-order valence-electron chi connectivity index (χ3n) is 3.31. The van der Waals surface area contributed by atoms with E-state index in [0.717, 1.165) is 17.0 Å². The standard InChI is InChI=1S/C17H22N2O/c1-12-8-13(2)10-14(9-12)19-16(11-18)15-6-4-5-7-17(15)20-3/h4-10,16,19H,11,18H2,1-3H3. The lowest BCUT2D eigenvalue weighted by Gasteiger charge is -2.21. The van der Waals surface area contributed by atoms with Crippen LogP contribution in [-0.2, 0) is 0 Å². The Labute approximate surface area is 120 Å². The molecule has 0 heterocycles. The predicted molar refractivity (Wildman–Crippen MR) is 84.3 cm³/mol. The molecule has 2 aromatic rings. The predicted octanol–water partition coefficient (Wildman–Crippen LogP) is 3.42. The second-order valence-corrected chi connectivity index (χ2v) is 5.05. The van der Waals surface area contributed by atoms with Gasteiger partial charge in [-0.25, -0.2) is 0 Å². The Morgan fingerprint density at radius 1 is 1.10 bits per heavy atom. The Hall–Kier alpha value is -2.00. The van der Waals surface area contributed by atoms with E-state index in [1.54, 1.807) is 7.11 Å². The molecule has 106 valence electrons. The van der Waals surface area contributed by atoms with Gasteiger partial charge in [0.25, 0.3) is 0 Å². The van der Waals surface area contributed by atoms with Crippen molar-refractivity contribution < 1.29 is 4.74 Å². The summed E-state index contributed by atoms with van der Waals surface area (Å²) >= 11 is 0. The number of hydrogen-bond donors (Lipinski definition) is 2. The highest BCUT2D eigenvalue weighted by Crippen LogP contribution is 2.27. The van der Waals surface area contributed by atoms with E-state index in [1.807, 2.05) is 24.3 Å². The molecule has 0 amide bonds. The molecule has 2 rings (SSSR count). The number of methoxy groups -OCH3 is 1. The van der Waals surface area contributed by atoms with E-state index >= 15 is 0 Å². The van der Waals surface area contributed by atoms with Gasteiger partial charge in [0.1, 0.15) is 5.75 Å². The fraction of sp³-hybridized carbons (Fsp3) is 0.294. The van der Waals surface area contributed by atoms with E-state index in [1.165, 1.54) is 11.1 Å². The third-order valence-corrected chi connectivity index (χ3v) is 3.31. The molecule has 0 saturated heterocycles. The summed E-state index contributed by atoms with van der Waals surface area (Å²) < 4.78 is 5.42. The zero-order chi connectivity index (χ0) is 14.5. The minimum absolute atomic E-state index is 0.0346. The van der Waals surface area contributed by atoms with Gasteiger partial charge < -0.3 is 15.8 Å². The maximum Gasteiger partial charge on any atom is 0.124 e. The Morgan fingerprint density at radius 2 is 1.75 bits per heavy atom. The molecule has 0 spiro atoms. The summed E-state index contributed by atoms with van der Waals surface area (Å²) in [7, 11) is 1.68. The van der Waals surface area contributed by atoms with Crippen LogP contribution in [0, 0.1) is 13.8 Å². The minimum Gasteiger partial charge on any atom is -0.496 e. The number of aryl methyl sites for hydroxylation is 2. The van der Waals surface area contributed by atoms with Crippen molar-refractivity contribution in [1.29, 1.82) is 0 Å². The topological polar surface area (TPSA) is 47.3 Å². The van der Waals surface area contributed by atoms with E-state index in [0.29, 0.717) is 6.54 Å². The molecule has 1 atom stereocenters. The molecule has 0 aliphatic rings. The zero-order valence-corrected chi connectivity index (χ0v) is 12.3. The van der Waals surface area contributed by atoms with Crippen LogP contribution in [0.3, 0.4) is 0 Å². The van der Waals surface area contributed by atoms with Crippen molar-refractivity contribution in [2.24, 2.45) is 5.73 Å². The quantitative estimate of drug-likeness (QED) is 0.875. The second-order valence-electron chi connectivity index (χ2n) is 5.05. The normalized spacial score (nSPS) is 12.0. The number of anilines is 1. The van der Waals surface area contributed by atoms with E-state index in [9.17, 15) is 0 Å². The van der Waals surface area contributed by atoms with Gasteiger partial charge in [0.15, 0.2) is 0 Å². The summed E-state index contributed by atoms with van der Waals surface area (Å²) in [5.41, 5.74) is 10.6. The molecule has 0 aliphatic heterocycles. The van der Waals surface area contributed by atoms with Crippen molar-refractivity contribution in [1.82, 2.24) is 0 Å². The summed E-state index contributed by atoms with van der Waals surface area (Å²) in [6, 6.07) is 14.4. The zero-order valence-electron chi connectivity index (χ0n) is 12.3. The highest BCUT2D eigenvalue weighted by Gasteiger charge is 2.14. The van der Waals surface area contributed by atoms with Crippen molar-refractivity contribution in [3.05, 3.63) is 59.2 Å². The highest BCUT2D eigenvalue weighted by atomic mass is 16.5. The molecule has 0 fully saturated rings. The van der Waals surface area contributed by atoms with E-state index in [4.69, 9.17) is 10.5 Å². The summed E-state index contributed by atoms with van der Waals surface area (Å²) in [5.74, 6) is 0.861. The molecule has 3 heteroatoms. The number of hydrogen-bond acceptors (Lipinski definition) is 3. The lowest BCUT2D eigenvalue weighted by molar-refractivity contribution is 0.407. The number of para-hydroxylation sites is 1. The molecular weight excluding hydrogens is 248 g/mol. The largest absolute Gasteiger partial charge is 0.496 e. The van der Waals surface area contributed by atoms with Crippen LogP contribution in [0.5, 0.6) is 5.75 Å². The number of nitrogens with one attached hydrogen (secondary N) is 1. The number of ether oxygens (including phenoxy) is 1. The summed E-state index contributed by atoms with van der Waals surface area (Å²) in [4.78, 5) is 0. The molecular formula is C17H22N2O. The molecule has 2 aromatic carbocycles. The first-order valence-electron chi connectivity index (χ1n) is 6.82. The van der Waals surface area contributed by atoms with E-state index in [2.05, 4.69) is 37.4 Å². The van der Waals surface area contributed by atoms with Gasteiger partial charge in [0.05, 0.1) is 13.2 Å². The van der Waals surface area contributed by atoms with Crippen LogP contribution in [-0.4, -0.2) is 13.7 Å². The number of rotatable bonds is 5. The van der Waals surface area contributed by atoms with Crippen LogP contribution in [0.15, 0.2) is 42.5 Å². The van der Waals surface area contributed by atoms with Gasteiger partial charge in [-0.05, 0) is 43.2 Å². The van der Waals surface area contributed by atoms with Gasteiger partial charge in [0, 0.05) is 17.8 Å². The molecule has 3 nitrogen and oxygen atoms in total. The Kier molecular flexibility index (Phi) is 4.64. The highest BCUT2D eigenvalue weighted by molar-refractivity contribution is 5.51. The number of benzene rings is 2. The minimum atomic E-state index is 0.0346. The maximum absolute atomic E-state index is 5.93. The summed E-state index contributed by atoms with van der Waals surface area (Å²) in [5, 5.41) is 3.50. The van der Waals surface area contributed by atoms with Gasteiger partial charge in [-0.1, -0.05) is 24.3 Å². The average molecular weight is 270 g/mol. The lowest BCUT2D eigenvalue weighted by atomic mass is 10.0. The fourth-order valence-electron chi connectivity index (χ4n) is 2.48. The van der Waals surface area contributed by atoms with Gasteiger partial charge in [-0.15, -0.1) is 0 Å². The first-order chi connectivity index (χ1) is 9.63. The number of nitrogens with two attached hydrogens (primary N) is 1. The van der Waals surface area contributed by atoms with Crippen molar-refractivity contribution in [2.45, 2.75) is 19.9 Å². The van der Waals surface area contributed by atoms with Crippen molar-refractivity contribution >= 4 is 5.69 Å². The van der Waals surface area contributed by atoms with Crippen molar-refractivity contribution in [3.8, 4) is 5.75 Å². The molecule has 0 saturated carbocycles. The smallest absolute Gasteiger partial charge is 0.124 e. The van der Waals surface area contributed by atoms with Crippen LogP contribution < -0.4 is 15.8 Å². The van der Waals surface area contributed by atoms with E-state index < -0.39 is 0 Å². The molecule has 0 aliphatic carbocycles. The summed E-state index contributed by atoms with van der Waals surface area (Å²) in [6.07, 6.45) is 0. The van der Waals surface area contributed by atoms with Crippen LogP contribution in [0.2, 0.25) is 0 Å². The molecule has 0 radical (unpaired) electrons. The van der Waals surface area contributed by atoms with Crippen LogP contribution in [0.25, 0.3) is 0 Å². The van der Waals surface area contributed by atoms with Crippen LogP contribution in [0.1, 0.15) is 22.7 Å². The lowest BCUT2D eigenvalue weighted by Crippen LogP contribution is -2.21. The first kappa shape index (κ1) is 14.4. The average Bonchev–Trinajstić information content (AvgIpc) is 2.43.